The number of nitrogens with two attached hydrogens (primary N) is 1. The second kappa shape index (κ2) is 3.50. The number of terminal acetylenes is 1. The van der Waals surface area contributed by atoms with Crippen molar-refractivity contribution in [3.8, 4) is 23.6 Å². The zero-order valence-corrected chi connectivity index (χ0v) is 8.44. The predicted molar refractivity (Wildman–Crippen MR) is 61.0 cm³/mol. The van der Waals surface area contributed by atoms with Crippen LogP contribution < -0.4 is 5.73 Å². The molecule has 3 heteroatoms. The van der Waals surface area contributed by atoms with Crippen LogP contribution in [0.15, 0.2) is 30.5 Å². The maximum atomic E-state index is 5.82. The van der Waals surface area contributed by atoms with Gasteiger partial charge in [0.25, 0.3) is 0 Å². The van der Waals surface area contributed by atoms with Crippen molar-refractivity contribution in [1.82, 2.24) is 9.78 Å². The molecule has 2 N–H and O–H groups in total. The van der Waals surface area contributed by atoms with Gasteiger partial charge in [0.05, 0.1) is 17.6 Å². The van der Waals surface area contributed by atoms with E-state index in [0.717, 1.165) is 16.8 Å². The average molecular weight is 197 g/mol. The zero-order valence-electron chi connectivity index (χ0n) is 8.44. The van der Waals surface area contributed by atoms with E-state index in [1.807, 2.05) is 31.3 Å². The summed E-state index contributed by atoms with van der Waals surface area (Å²) in [5.74, 6) is 2.58. The molecule has 2 aromatic rings. The van der Waals surface area contributed by atoms with Gasteiger partial charge in [0.2, 0.25) is 0 Å². The minimum atomic E-state index is 0.672. The van der Waals surface area contributed by atoms with Gasteiger partial charge in [0.15, 0.2) is 0 Å². The molecule has 0 spiro atoms. The maximum absolute atomic E-state index is 5.82. The number of aromatic nitrogens is 2. The Morgan fingerprint density at radius 1 is 1.33 bits per heavy atom. The van der Waals surface area contributed by atoms with E-state index in [9.17, 15) is 0 Å². The van der Waals surface area contributed by atoms with Crippen molar-refractivity contribution in [3.63, 3.8) is 0 Å². The van der Waals surface area contributed by atoms with Crippen LogP contribution in [0.25, 0.3) is 11.3 Å². The molecule has 1 aromatic heterocycles. The highest BCUT2D eigenvalue weighted by Crippen LogP contribution is 2.24. The Morgan fingerprint density at radius 2 is 2.00 bits per heavy atom. The standard InChI is InChI=1S/C12H11N3/c1-3-9-4-6-10(7-5-9)12-11(13)8-14-15(12)2/h1,4-8H,13H2,2H3. The van der Waals surface area contributed by atoms with Gasteiger partial charge in [-0.1, -0.05) is 18.1 Å². The van der Waals surface area contributed by atoms with Crippen LogP contribution in [0.1, 0.15) is 5.56 Å². The average Bonchev–Trinajstić information content (AvgIpc) is 2.59. The predicted octanol–water partition coefficient (Wildman–Crippen LogP) is 1.65. The van der Waals surface area contributed by atoms with E-state index in [0.29, 0.717) is 5.69 Å². The van der Waals surface area contributed by atoms with Gasteiger partial charge < -0.3 is 5.73 Å². The summed E-state index contributed by atoms with van der Waals surface area (Å²) in [5.41, 5.74) is 9.29. The second-order valence-electron chi connectivity index (χ2n) is 3.29. The van der Waals surface area contributed by atoms with Gasteiger partial charge in [0.1, 0.15) is 0 Å². The van der Waals surface area contributed by atoms with Gasteiger partial charge in [-0.15, -0.1) is 6.42 Å². The summed E-state index contributed by atoms with van der Waals surface area (Å²) in [6, 6.07) is 7.68. The third-order valence-electron chi connectivity index (χ3n) is 2.29. The van der Waals surface area contributed by atoms with E-state index in [1.54, 1.807) is 10.9 Å². The second-order valence-corrected chi connectivity index (χ2v) is 3.29. The highest BCUT2D eigenvalue weighted by molar-refractivity contribution is 5.72. The fourth-order valence-corrected chi connectivity index (χ4v) is 1.53. The van der Waals surface area contributed by atoms with Crippen molar-refractivity contribution in [2.75, 3.05) is 5.73 Å². The molecule has 1 aromatic carbocycles. The Kier molecular flexibility index (Phi) is 2.18. The Bertz CT molecular complexity index is 495. The molecule has 0 bridgehead atoms. The summed E-state index contributed by atoms with van der Waals surface area (Å²) in [6.07, 6.45) is 6.93. The first-order chi connectivity index (χ1) is 7.22. The lowest BCUT2D eigenvalue weighted by Crippen LogP contribution is -1.95. The highest BCUT2D eigenvalue weighted by atomic mass is 15.3. The molecule has 2 rings (SSSR count). The van der Waals surface area contributed by atoms with E-state index in [4.69, 9.17) is 12.2 Å². The van der Waals surface area contributed by atoms with Crippen molar-refractivity contribution in [2.24, 2.45) is 7.05 Å². The van der Waals surface area contributed by atoms with E-state index < -0.39 is 0 Å². The van der Waals surface area contributed by atoms with Gasteiger partial charge in [-0.25, -0.2) is 0 Å². The van der Waals surface area contributed by atoms with Gasteiger partial charge >= 0.3 is 0 Å². The monoisotopic (exact) mass is 197 g/mol. The van der Waals surface area contributed by atoms with Crippen LogP contribution in [0.4, 0.5) is 5.69 Å². The topological polar surface area (TPSA) is 43.8 Å². The smallest absolute Gasteiger partial charge is 0.0908 e. The van der Waals surface area contributed by atoms with Crippen LogP contribution in [-0.4, -0.2) is 9.78 Å². The fourth-order valence-electron chi connectivity index (χ4n) is 1.53. The number of hydrogen-bond donors (Lipinski definition) is 1. The summed E-state index contributed by atoms with van der Waals surface area (Å²) in [4.78, 5) is 0. The third-order valence-corrected chi connectivity index (χ3v) is 2.29. The molecular formula is C12H11N3. The Hall–Kier alpha value is -2.21. The number of nitrogens with zero attached hydrogens (tertiary/aromatic N) is 2. The van der Waals surface area contributed by atoms with Crippen LogP contribution in [-0.2, 0) is 7.05 Å². The maximum Gasteiger partial charge on any atom is 0.0908 e. The van der Waals surface area contributed by atoms with Gasteiger partial charge in [-0.2, -0.15) is 5.10 Å². The van der Waals surface area contributed by atoms with E-state index in [-0.39, 0.29) is 0 Å². The van der Waals surface area contributed by atoms with E-state index in [2.05, 4.69) is 11.0 Å². The van der Waals surface area contributed by atoms with Crippen LogP contribution >= 0.6 is 0 Å². The van der Waals surface area contributed by atoms with E-state index in [1.165, 1.54) is 0 Å². The van der Waals surface area contributed by atoms with Crippen molar-refractivity contribution < 1.29 is 0 Å². The van der Waals surface area contributed by atoms with Crippen LogP contribution in [0, 0.1) is 12.3 Å². The molecule has 0 fully saturated rings. The molecule has 0 saturated carbocycles. The molecule has 0 radical (unpaired) electrons. The largest absolute Gasteiger partial charge is 0.396 e. The van der Waals surface area contributed by atoms with Gasteiger partial charge in [-0.05, 0) is 12.1 Å². The quantitative estimate of drug-likeness (QED) is 0.706. The first kappa shape index (κ1) is 9.35. The summed E-state index contributed by atoms with van der Waals surface area (Å²) in [6.45, 7) is 0. The number of benzene rings is 1. The Labute approximate surface area is 88.5 Å². The zero-order chi connectivity index (χ0) is 10.8. The number of hydrogen-bond acceptors (Lipinski definition) is 2. The molecular weight excluding hydrogens is 186 g/mol. The molecule has 0 aliphatic heterocycles. The fraction of sp³-hybridized carbons (Fsp3) is 0.0833. The minimum Gasteiger partial charge on any atom is -0.396 e. The molecule has 0 saturated heterocycles. The van der Waals surface area contributed by atoms with Crippen molar-refractivity contribution in [2.45, 2.75) is 0 Å². The summed E-state index contributed by atoms with van der Waals surface area (Å²) < 4.78 is 1.75. The number of aryl methyl sites for hydroxylation is 1. The van der Waals surface area contributed by atoms with Crippen LogP contribution in [0.2, 0.25) is 0 Å². The summed E-state index contributed by atoms with van der Waals surface area (Å²) in [5, 5.41) is 4.09. The number of nitrogen functional groups attached to an aromatic ring is 1. The highest BCUT2D eigenvalue weighted by Gasteiger charge is 2.07. The minimum absolute atomic E-state index is 0.672. The SMILES string of the molecule is C#Cc1ccc(-c2c(N)cnn2C)cc1. The van der Waals surface area contributed by atoms with E-state index >= 15 is 0 Å². The number of anilines is 1. The van der Waals surface area contributed by atoms with Crippen LogP contribution in [0.3, 0.4) is 0 Å². The third kappa shape index (κ3) is 1.57. The Balaban J connectivity index is 2.51. The molecule has 3 nitrogen and oxygen atoms in total. The Morgan fingerprint density at radius 3 is 2.47 bits per heavy atom. The molecule has 0 amide bonds. The van der Waals surface area contributed by atoms with Crippen molar-refractivity contribution >= 4 is 5.69 Å². The molecule has 15 heavy (non-hydrogen) atoms. The van der Waals surface area contributed by atoms with Gasteiger partial charge in [0, 0.05) is 18.2 Å². The van der Waals surface area contributed by atoms with Crippen LogP contribution in [0.5, 0.6) is 0 Å². The first-order valence-corrected chi connectivity index (χ1v) is 4.57. The molecule has 0 atom stereocenters. The number of rotatable bonds is 1. The van der Waals surface area contributed by atoms with Gasteiger partial charge in [-0.3, -0.25) is 4.68 Å². The normalized spacial score (nSPS) is 9.87. The molecule has 74 valence electrons. The molecule has 0 unspecified atom stereocenters. The lowest BCUT2D eigenvalue weighted by molar-refractivity contribution is 0.776. The molecule has 1 heterocycles. The lowest BCUT2D eigenvalue weighted by Gasteiger charge is -2.03. The van der Waals surface area contributed by atoms with Crippen molar-refractivity contribution in [3.05, 3.63) is 36.0 Å². The summed E-state index contributed by atoms with van der Waals surface area (Å²) >= 11 is 0. The molecule has 0 aliphatic rings. The first-order valence-electron chi connectivity index (χ1n) is 4.57. The van der Waals surface area contributed by atoms with Crippen molar-refractivity contribution in [1.29, 1.82) is 0 Å². The molecule has 0 aliphatic carbocycles. The lowest BCUT2D eigenvalue weighted by atomic mass is 10.1. The summed E-state index contributed by atoms with van der Waals surface area (Å²) in [7, 11) is 1.86.